The van der Waals surface area contributed by atoms with Gasteiger partial charge in [-0.3, -0.25) is 4.90 Å². The van der Waals surface area contributed by atoms with Crippen LogP contribution < -0.4 is 0 Å². The van der Waals surface area contributed by atoms with Gasteiger partial charge in [0.25, 0.3) is 6.43 Å². The smallest absolute Gasteiger partial charge is 0.328 e. The van der Waals surface area contributed by atoms with Crippen LogP contribution in [0.3, 0.4) is 0 Å². The molecule has 0 bridgehead atoms. The summed E-state index contributed by atoms with van der Waals surface area (Å²) in [5.41, 5.74) is 0.750. The number of rotatable bonds is 6. The Hall–Kier alpha value is -1.82. The third kappa shape index (κ3) is 5.56. The molecule has 1 aromatic rings. The molecule has 0 unspecified atom stereocenters. The number of halogens is 3. The summed E-state index contributed by atoms with van der Waals surface area (Å²) < 4.78 is 37.7. The highest BCUT2D eigenvalue weighted by molar-refractivity contribution is 5.85. The molecule has 0 aromatic heterocycles. The lowest BCUT2D eigenvalue weighted by Gasteiger charge is -2.16. The summed E-state index contributed by atoms with van der Waals surface area (Å²) in [6.45, 7) is -0.143. The molecule has 1 aromatic carbocycles. The zero-order valence-electron chi connectivity index (χ0n) is 10.3. The normalized spacial score (nSPS) is 11.7. The average molecular weight is 273 g/mol. The van der Waals surface area contributed by atoms with Crippen molar-refractivity contribution in [2.24, 2.45) is 0 Å². The van der Waals surface area contributed by atoms with Gasteiger partial charge in [-0.05, 0) is 30.8 Å². The second kappa shape index (κ2) is 6.94. The molecule has 0 atom stereocenters. The Morgan fingerprint density at radius 1 is 1.47 bits per heavy atom. The molecule has 104 valence electrons. The minimum atomic E-state index is -2.43. The van der Waals surface area contributed by atoms with Crippen LogP contribution in [0.2, 0.25) is 0 Å². The summed E-state index contributed by atoms with van der Waals surface area (Å²) in [7, 11) is 1.53. The van der Waals surface area contributed by atoms with E-state index in [1.54, 1.807) is 0 Å². The van der Waals surface area contributed by atoms with Crippen molar-refractivity contribution < 1.29 is 23.1 Å². The van der Waals surface area contributed by atoms with Gasteiger partial charge in [0.15, 0.2) is 0 Å². The van der Waals surface area contributed by atoms with E-state index in [9.17, 15) is 18.0 Å². The van der Waals surface area contributed by atoms with Crippen LogP contribution in [0.1, 0.15) is 11.1 Å². The fraction of sp³-hybridized carbons (Fsp3) is 0.308. The van der Waals surface area contributed by atoms with Crippen LogP contribution >= 0.6 is 0 Å². The SMILES string of the molecule is CN(Cc1ccc(F)c(/C=C/C(=O)O)c1)CC(F)F. The average Bonchev–Trinajstić information content (AvgIpc) is 2.28. The van der Waals surface area contributed by atoms with Crippen molar-refractivity contribution in [3.05, 3.63) is 41.2 Å². The Kier molecular flexibility index (Phi) is 5.57. The van der Waals surface area contributed by atoms with Crippen molar-refractivity contribution in [2.45, 2.75) is 13.0 Å². The molecule has 19 heavy (non-hydrogen) atoms. The van der Waals surface area contributed by atoms with E-state index in [1.165, 1.54) is 30.1 Å². The molecule has 1 N–H and O–H groups in total. The molecule has 0 aliphatic carbocycles. The number of alkyl halides is 2. The quantitative estimate of drug-likeness (QED) is 0.810. The van der Waals surface area contributed by atoms with E-state index in [1.807, 2.05) is 0 Å². The van der Waals surface area contributed by atoms with Crippen LogP contribution in [0.25, 0.3) is 6.08 Å². The molecule has 0 saturated heterocycles. The van der Waals surface area contributed by atoms with Crippen molar-refractivity contribution in [2.75, 3.05) is 13.6 Å². The maximum absolute atomic E-state index is 13.4. The second-order valence-electron chi connectivity index (χ2n) is 4.12. The fourth-order valence-corrected chi connectivity index (χ4v) is 1.59. The first-order valence-corrected chi connectivity index (χ1v) is 5.54. The first-order chi connectivity index (χ1) is 8.88. The van der Waals surface area contributed by atoms with Gasteiger partial charge in [0.1, 0.15) is 5.82 Å². The van der Waals surface area contributed by atoms with E-state index >= 15 is 0 Å². The van der Waals surface area contributed by atoms with Crippen molar-refractivity contribution >= 4 is 12.0 Å². The number of carboxylic acid groups (broad SMARTS) is 1. The highest BCUT2D eigenvalue weighted by atomic mass is 19.3. The molecule has 0 fully saturated rings. The maximum atomic E-state index is 13.4. The third-order valence-electron chi connectivity index (χ3n) is 2.37. The van der Waals surface area contributed by atoms with Gasteiger partial charge >= 0.3 is 5.97 Å². The third-order valence-corrected chi connectivity index (χ3v) is 2.37. The minimum absolute atomic E-state index is 0.116. The van der Waals surface area contributed by atoms with Gasteiger partial charge in [-0.15, -0.1) is 0 Å². The predicted molar refractivity (Wildman–Crippen MR) is 65.4 cm³/mol. The maximum Gasteiger partial charge on any atom is 0.328 e. The first-order valence-electron chi connectivity index (χ1n) is 5.54. The largest absolute Gasteiger partial charge is 0.478 e. The molecule has 0 amide bonds. The van der Waals surface area contributed by atoms with Gasteiger partial charge in [0, 0.05) is 18.2 Å². The number of nitrogens with zero attached hydrogens (tertiary/aromatic N) is 1. The Morgan fingerprint density at radius 3 is 2.74 bits per heavy atom. The zero-order chi connectivity index (χ0) is 14.4. The van der Waals surface area contributed by atoms with Crippen molar-refractivity contribution in [3.63, 3.8) is 0 Å². The Labute approximate surface area is 109 Å². The van der Waals surface area contributed by atoms with E-state index in [0.717, 1.165) is 12.2 Å². The molecule has 0 radical (unpaired) electrons. The predicted octanol–water partition coefficient (Wildman–Crippen LogP) is 2.62. The summed E-state index contributed by atoms with van der Waals surface area (Å²) >= 11 is 0. The summed E-state index contributed by atoms with van der Waals surface area (Å²) in [6, 6.07) is 4.11. The van der Waals surface area contributed by atoms with Gasteiger partial charge < -0.3 is 5.11 Å². The molecular formula is C13H14F3NO2. The van der Waals surface area contributed by atoms with Crippen LogP contribution in [-0.4, -0.2) is 36.0 Å². The highest BCUT2D eigenvalue weighted by Gasteiger charge is 2.09. The monoisotopic (exact) mass is 273 g/mol. The molecule has 0 spiro atoms. The Bertz CT molecular complexity index is 475. The van der Waals surface area contributed by atoms with Gasteiger partial charge in [0.2, 0.25) is 0 Å². The van der Waals surface area contributed by atoms with Crippen molar-refractivity contribution in [1.82, 2.24) is 4.90 Å². The van der Waals surface area contributed by atoms with Crippen molar-refractivity contribution in [1.29, 1.82) is 0 Å². The van der Waals surface area contributed by atoms with Crippen molar-refractivity contribution in [3.8, 4) is 0 Å². The zero-order valence-corrected chi connectivity index (χ0v) is 10.3. The molecule has 0 heterocycles. The number of aliphatic carboxylic acids is 1. The summed E-state index contributed by atoms with van der Waals surface area (Å²) in [5, 5.41) is 8.48. The number of hydrogen-bond acceptors (Lipinski definition) is 2. The van der Waals surface area contributed by atoms with Crippen LogP contribution in [-0.2, 0) is 11.3 Å². The number of carboxylic acids is 1. The lowest BCUT2D eigenvalue weighted by Crippen LogP contribution is -2.24. The lowest BCUT2D eigenvalue weighted by atomic mass is 10.1. The van der Waals surface area contributed by atoms with Gasteiger partial charge in [0.05, 0.1) is 6.54 Å². The topological polar surface area (TPSA) is 40.5 Å². The van der Waals surface area contributed by atoms with E-state index in [4.69, 9.17) is 5.11 Å². The number of hydrogen-bond donors (Lipinski definition) is 1. The van der Waals surface area contributed by atoms with Gasteiger partial charge in [-0.25, -0.2) is 18.0 Å². The van der Waals surface area contributed by atoms with Gasteiger partial charge in [-0.2, -0.15) is 0 Å². The van der Waals surface area contributed by atoms with Crippen LogP contribution in [0.4, 0.5) is 13.2 Å². The van der Waals surface area contributed by atoms with E-state index in [-0.39, 0.29) is 18.7 Å². The molecule has 0 saturated carbocycles. The minimum Gasteiger partial charge on any atom is -0.478 e. The standard InChI is InChI=1S/C13H14F3NO2/c1-17(8-12(15)16)7-9-2-4-11(14)10(6-9)3-5-13(18)19/h2-6,12H,7-8H2,1H3,(H,18,19)/b5-3+. The summed E-state index contributed by atoms with van der Waals surface area (Å²) in [5.74, 6) is -1.74. The van der Waals surface area contributed by atoms with Crippen LogP contribution in [0.15, 0.2) is 24.3 Å². The van der Waals surface area contributed by atoms with Crippen LogP contribution in [0.5, 0.6) is 0 Å². The summed E-state index contributed by atoms with van der Waals surface area (Å²) in [6.07, 6.45) is -0.476. The van der Waals surface area contributed by atoms with E-state index in [0.29, 0.717) is 5.56 Å². The van der Waals surface area contributed by atoms with Gasteiger partial charge in [-0.1, -0.05) is 6.07 Å². The van der Waals surface area contributed by atoms with Crippen LogP contribution in [0, 0.1) is 5.82 Å². The second-order valence-corrected chi connectivity index (χ2v) is 4.12. The fourth-order valence-electron chi connectivity index (χ4n) is 1.59. The Balaban J connectivity index is 2.81. The van der Waals surface area contributed by atoms with E-state index in [2.05, 4.69) is 0 Å². The lowest BCUT2D eigenvalue weighted by molar-refractivity contribution is -0.131. The molecule has 0 aliphatic heterocycles. The molecule has 1 rings (SSSR count). The number of benzene rings is 1. The molecular weight excluding hydrogens is 259 g/mol. The first kappa shape index (κ1) is 15.2. The number of carbonyl (C=O) groups is 1. The Morgan fingerprint density at radius 2 is 2.16 bits per heavy atom. The highest BCUT2D eigenvalue weighted by Crippen LogP contribution is 2.14. The molecule has 6 heteroatoms. The molecule has 0 aliphatic rings. The molecule has 3 nitrogen and oxygen atoms in total. The summed E-state index contributed by atoms with van der Waals surface area (Å²) in [4.78, 5) is 11.8. The van der Waals surface area contributed by atoms with E-state index < -0.39 is 18.2 Å².